The molecule has 1 atom stereocenters. The van der Waals surface area contributed by atoms with Crippen LogP contribution in [0.2, 0.25) is 0 Å². The summed E-state index contributed by atoms with van der Waals surface area (Å²) >= 11 is 0. The average molecular weight is 168 g/mol. The van der Waals surface area contributed by atoms with Gasteiger partial charge in [-0.2, -0.15) is 0 Å². The summed E-state index contributed by atoms with van der Waals surface area (Å²) in [5, 5.41) is 5.15. The van der Waals surface area contributed by atoms with E-state index >= 15 is 0 Å². The highest BCUT2D eigenvalue weighted by Gasteiger charge is 2.29. The quantitative estimate of drug-likeness (QED) is 0.444. The van der Waals surface area contributed by atoms with E-state index in [1.54, 1.807) is 0 Å². The second-order valence-electron chi connectivity index (χ2n) is 3.01. The summed E-state index contributed by atoms with van der Waals surface area (Å²) in [7, 11) is 0. The Labute approximate surface area is 71.0 Å². The van der Waals surface area contributed by atoms with Crippen molar-refractivity contribution in [1.82, 2.24) is 10.6 Å². The molecule has 1 unspecified atom stereocenters. The summed E-state index contributed by atoms with van der Waals surface area (Å²) in [6, 6.07) is -0.366. The number of carbonyl (C=O) groups is 2. The van der Waals surface area contributed by atoms with Crippen molar-refractivity contribution in [2.75, 3.05) is 6.54 Å². The summed E-state index contributed by atoms with van der Waals surface area (Å²) in [4.78, 5) is 21.7. The molecular formula is C8H12N2O2. The minimum Gasteiger partial charge on any atom is -0.302 e. The molecule has 1 fully saturated rings. The summed E-state index contributed by atoms with van der Waals surface area (Å²) < 4.78 is 0. The van der Waals surface area contributed by atoms with Gasteiger partial charge in [0.25, 0.3) is 0 Å². The molecular weight excluding hydrogens is 156 g/mol. The van der Waals surface area contributed by atoms with Crippen LogP contribution in [0.3, 0.4) is 0 Å². The van der Waals surface area contributed by atoms with Gasteiger partial charge in [0, 0.05) is 6.54 Å². The minimum absolute atomic E-state index is 0.209. The zero-order chi connectivity index (χ0) is 9.14. The van der Waals surface area contributed by atoms with Crippen LogP contribution in [-0.4, -0.2) is 24.4 Å². The first-order valence-corrected chi connectivity index (χ1v) is 3.81. The normalized spacial score (nSPS) is 22.6. The number of imide groups is 1. The lowest BCUT2D eigenvalue weighted by atomic mass is 10.2. The third-order valence-electron chi connectivity index (χ3n) is 1.62. The summed E-state index contributed by atoms with van der Waals surface area (Å²) in [5.74, 6) is -0.444. The third kappa shape index (κ3) is 2.17. The van der Waals surface area contributed by atoms with E-state index in [0.29, 0.717) is 6.54 Å². The first-order chi connectivity index (χ1) is 5.59. The first kappa shape index (κ1) is 8.93. The van der Waals surface area contributed by atoms with Crippen LogP contribution in [0.5, 0.6) is 0 Å². The third-order valence-corrected chi connectivity index (χ3v) is 1.62. The molecule has 0 spiro atoms. The highest BCUT2D eigenvalue weighted by molar-refractivity contribution is 6.05. The predicted molar refractivity (Wildman–Crippen MR) is 44.4 cm³/mol. The number of rotatable bonds is 3. The Morgan fingerprint density at radius 1 is 1.75 bits per heavy atom. The van der Waals surface area contributed by atoms with Crippen molar-refractivity contribution >= 4 is 11.8 Å². The number of amides is 2. The molecule has 1 aliphatic heterocycles. The van der Waals surface area contributed by atoms with E-state index in [4.69, 9.17) is 0 Å². The zero-order valence-corrected chi connectivity index (χ0v) is 7.02. The molecule has 0 aliphatic carbocycles. The lowest BCUT2D eigenvalue weighted by molar-refractivity contribution is -0.125. The number of carbonyl (C=O) groups excluding carboxylic acids is 2. The highest BCUT2D eigenvalue weighted by Crippen LogP contribution is 2.01. The Balaban J connectivity index is 2.38. The Morgan fingerprint density at radius 3 is 2.83 bits per heavy atom. The van der Waals surface area contributed by atoms with E-state index in [9.17, 15) is 9.59 Å². The average Bonchev–Trinajstić information content (AvgIpc) is 2.26. The standard InChI is InChI=1S/C8H12N2O2/c1-5(2)4-9-6-3-7(11)10-8(6)12/h6,9H,1,3-4H2,2H3,(H,10,11,12). The maximum atomic E-state index is 11.0. The lowest BCUT2D eigenvalue weighted by Gasteiger charge is -2.07. The van der Waals surface area contributed by atoms with E-state index in [1.807, 2.05) is 6.92 Å². The van der Waals surface area contributed by atoms with Crippen LogP contribution in [0.4, 0.5) is 0 Å². The van der Waals surface area contributed by atoms with Gasteiger partial charge in [-0.25, -0.2) is 0 Å². The van der Waals surface area contributed by atoms with Gasteiger partial charge in [0.1, 0.15) is 0 Å². The molecule has 1 aliphatic rings. The molecule has 1 heterocycles. The molecule has 0 bridgehead atoms. The van der Waals surface area contributed by atoms with Crippen LogP contribution >= 0.6 is 0 Å². The largest absolute Gasteiger partial charge is 0.302 e. The van der Waals surface area contributed by atoms with Gasteiger partial charge in [0.2, 0.25) is 11.8 Å². The molecule has 0 radical (unpaired) electrons. The molecule has 0 aromatic carbocycles. The van der Waals surface area contributed by atoms with Crippen molar-refractivity contribution < 1.29 is 9.59 Å². The van der Waals surface area contributed by atoms with Crippen LogP contribution < -0.4 is 10.6 Å². The molecule has 1 rings (SSSR count). The molecule has 1 saturated heterocycles. The minimum atomic E-state index is -0.366. The van der Waals surface area contributed by atoms with E-state index in [2.05, 4.69) is 17.2 Å². The maximum Gasteiger partial charge on any atom is 0.244 e. The number of hydrogen-bond acceptors (Lipinski definition) is 3. The summed E-state index contributed by atoms with van der Waals surface area (Å²) in [5.41, 5.74) is 0.946. The Morgan fingerprint density at radius 2 is 2.42 bits per heavy atom. The maximum absolute atomic E-state index is 11.0. The fraction of sp³-hybridized carbons (Fsp3) is 0.500. The number of nitrogens with one attached hydrogen (secondary N) is 2. The molecule has 66 valence electrons. The van der Waals surface area contributed by atoms with Gasteiger partial charge in [0.15, 0.2) is 0 Å². The predicted octanol–water partition coefficient (Wildman–Crippen LogP) is -0.433. The summed E-state index contributed by atoms with van der Waals surface area (Å²) in [6.07, 6.45) is 0.242. The Hall–Kier alpha value is -1.16. The van der Waals surface area contributed by atoms with E-state index in [0.717, 1.165) is 5.57 Å². The van der Waals surface area contributed by atoms with Crippen molar-refractivity contribution in [3.05, 3.63) is 12.2 Å². The van der Waals surface area contributed by atoms with Crippen molar-refractivity contribution in [2.24, 2.45) is 0 Å². The van der Waals surface area contributed by atoms with Crippen LogP contribution in [0.15, 0.2) is 12.2 Å². The second kappa shape index (κ2) is 3.49. The second-order valence-corrected chi connectivity index (χ2v) is 3.01. The lowest BCUT2D eigenvalue weighted by Crippen LogP contribution is -2.36. The Bertz CT molecular complexity index is 235. The van der Waals surface area contributed by atoms with Gasteiger partial charge in [-0.05, 0) is 6.92 Å². The number of hydrogen-bond donors (Lipinski definition) is 2. The SMILES string of the molecule is C=C(C)CNC1CC(=O)NC1=O. The molecule has 0 aromatic heterocycles. The fourth-order valence-electron chi connectivity index (χ4n) is 1.02. The van der Waals surface area contributed by atoms with Crippen LogP contribution in [0, 0.1) is 0 Å². The Kier molecular flexibility index (Phi) is 2.60. The van der Waals surface area contributed by atoms with E-state index in [-0.39, 0.29) is 24.3 Å². The van der Waals surface area contributed by atoms with E-state index in [1.165, 1.54) is 0 Å². The van der Waals surface area contributed by atoms with Gasteiger partial charge in [0.05, 0.1) is 12.5 Å². The molecule has 4 heteroatoms. The van der Waals surface area contributed by atoms with Crippen molar-refractivity contribution in [3.8, 4) is 0 Å². The van der Waals surface area contributed by atoms with Crippen LogP contribution in [-0.2, 0) is 9.59 Å². The highest BCUT2D eigenvalue weighted by atomic mass is 16.2. The van der Waals surface area contributed by atoms with Gasteiger partial charge in [-0.1, -0.05) is 12.2 Å². The van der Waals surface area contributed by atoms with Gasteiger partial charge >= 0.3 is 0 Å². The topological polar surface area (TPSA) is 58.2 Å². The monoisotopic (exact) mass is 168 g/mol. The van der Waals surface area contributed by atoms with Crippen LogP contribution in [0.25, 0.3) is 0 Å². The van der Waals surface area contributed by atoms with Gasteiger partial charge in [-0.3, -0.25) is 14.9 Å². The smallest absolute Gasteiger partial charge is 0.244 e. The van der Waals surface area contributed by atoms with Gasteiger partial charge < -0.3 is 5.32 Å². The zero-order valence-electron chi connectivity index (χ0n) is 7.02. The first-order valence-electron chi connectivity index (χ1n) is 3.81. The van der Waals surface area contributed by atoms with Crippen LogP contribution in [0.1, 0.15) is 13.3 Å². The van der Waals surface area contributed by atoms with Crippen molar-refractivity contribution in [2.45, 2.75) is 19.4 Å². The van der Waals surface area contributed by atoms with Gasteiger partial charge in [-0.15, -0.1) is 0 Å². The molecule has 0 aromatic rings. The fourth-order valence-corrected chi connectivity index (χ4v) is 1.02. The van der Waals surface area contributed by atoms with Crippen molar-refractivity contribution in [1.29, 1.82) is 0 Å². The molecule has 12 heavy (non-hydrogen) atoms. The van der Waals surface area contributed by atoms with Crippen molar-refractivity contribution in [3.63, 3.8) is 0 Å². The summed E-state index contributed by atoms with van der Waals surface area (Å²) in [6.45, 7) is 6.12. The molecule has 2 N–H and O–H groups in total. The molecule has 4 nitrogen and oxygen atoms in total. The van der Waals surface area contributed by atoms with E-state index < -0.39 is 0 Å². The molecule has 2 amide bonds. The molecule has 0 saturated carbocycles.